The quantitative estimate of drug-likeness (QED) is 0.901. The molecule has 2 aromatic rings. The van der Waals surface area contributed by atoms with E-state index in [1.165, 1.54) is 0 Å². The molecule has 1 unspecified atom stereocenters. The Morgan fingerprint density at radius 1 is 1.24 bits per heavy atom. The molecule has 1 atom stereocenters. The van der Waals surface area contributed by atoms with Gasteiger partial charge in [0.25, 0.3) is 0 Å². The first kappa shape index (κ1) is 15.8. The lowest BCUT2D eigenvalue weighted by atomic mass is 9.98. The Balaban J connectivity index is 2.39. The summed E-state index contributed by atoms with van der Waals surface area (Å²) in [7, 11) is 1.92. The lowest BCUT2D eigenvalue weighted by Gasteiger charge is -2.20. The molecule has 0 amide bonds. The van der Waals surface area contributed by atoms with Gasteiger partial charge in [0, 0.05) is 11.2 Å². The van der Waals surface area contributed by atoms with Crippen molar-refractivity contribution in [2.45, 2.75) is 32.9 Å². The first-order valence-corrected chi connectivity index (χ1v) is 7.44. The third kappa shape index (κ3) is 3.74. The number of halogens is 1. The number of nitrogens with one attached hydrogen (secondary N) is 1. The van der Waals surface area contributed by atoms with E-state index < -0.39 is 0 Å². The maximum absolute atomic E-state index is 6.45. The molecule has 0 radical (unpaired) electrons. The second-order valence-corrected chi connectivity index (χ2v) is 5.70. The molecule has 1 heterocycles. The minimum atomic E-state index is -0.0133. The predicted octanol–water partition coefficient (Wildman–Crippen LogP) is 4.14. The van der Waals surface area contributed by atoms with Gasteiger partial charge in [-0.05, 0) is 50.6 Å². The fourth-order valence-electron chi connectivity index (χ4n) is 2.32. The average molecular weight is 305 g/mol. The minimum absolute atomic E-state index is 0.0133. The summed E-state index contributed by atoms with van der Waals surface area (Å²) in [5.74, 6) is 0.770. The normalized spacial score (nSPS) is 12.5. The van der Waals surface area contributed by atoms with Gasteiger partial charge < -0.3 is 10.1 Å². The summed E-state index contributed by atoms with van der Waals surface area (Å²) in [6.07, 6.45) is 3.69. The second-order valence-electron chi connectivity index (χ2n) is 5.32. The summed E-state index contributed by atoms with van der Waals surface area (Å²) in [5.41, 5.74) is 3.14. The topological polar surface area (TPSA) is 34.2 Å². The van der Waals surface area contributed by atoms with Crippen molar-refractivity contribution in [1.82, 2.24) is 10.3 Å². The molecule has 0 aliphatic heterocycles. The van der Waals surface area contributed by atoms with E-state index in [2.05, 4.69) is 10.3 Å². The van der Waals surface area contributed by atoms with Gasteiger partial charge in [0.2, 0.25) is 0 Å². The molecule has 1 aromatic carbocycles. The average Bonchev–Trinajstić information content (AvgIpc) is 2.44. The van der Waals surface area contributed by atoms with Crippen LogP contribution in [0.25, 0.3) is 0 Å². The molecule has 0 aliphatic rings. The molecule has 1 N–H and O–H groups in total. The number of aryl methyl sites for hydroxylation is 1. The maximum Gasteiger partial charge on any atom is 0.138 e. The SMILES string of the molecule is CNC(c1cncc(OC(C)C)c1)c1cccc(C)c1Cl. The first-order valence-electron chi connectivity index (χ1n) is 7.06. The Bertz CT molecular complexity index is 613. The second kappa shape index (κ2) is 6.92. The van der Waals surface area contributed by atoms with E-state index in [1.807, 2.05) is 58.3 Å². The molecule has 21 heavy (non-hydrogen) atoms. The van der Waals surface area contributed by atoms with Crippen LogP contribution in [0.4, 0.5) is 0 Å². The molecule has 4 heteroatoms. The number of ether oxygens (including phenoxy) is 1. The number of nitrogens with zero attached hydrogens (tertiary/aromatic N) is 1. The highest BCUT2D eigenvalue weighted by Crippen LogP contribution is 2.31. The fraction of sp³-hybridized carbons (Fsp3) is 0.353. The number of rotatable bonds is 5. The molecule has 0 saturated carbocycles. The smallest absolute Gasteiger partial charge is 0.138 e. The van der Waals surface area contributed by atoms with Gasteiger partial charge in [-0.25, -0.2) is 0 Å². The van der Waals surface area contributed by atoms with Crippen LogP contribution in [0, 0.1) is 6.92 Å². The van der Waals surface area contributed by atoms with E-state index in [0.717, 1.165) is 27.5 Å². The Labute approximate surface area is 131 Å². The summed E-state index contributed by atoms with van der Waals surface area (Å²) < 4.78 is 5.72. The first-order chi connectivity index (χ1) is 10.0. The molecule has 112 valence electrons. The van der Waals surface area contributed by atoms with Crippen LogP contribution in [0.15, 0.2) is 36.7 Å². The van der Waals surface area contributed by atoms with E-state index in [-0.39, 0.29) is 12.1 Å². The van der Waals surface area contributed by atoms with Crippen molar-refractivity contribution in [3.05, 3.63) is 58.4 Å². The zero-order valence-corrected chi connectivity index (χ0v) is 13.6. The monoisotopic (exact) mass is 304 g/mol. The zero-order chi connectivity index (χ0) is 15.4. The highest BCUT2D eigenvalue weighted by Gasteiger charge is 2.17. The van der Waals surface area contributed by atoms with Crippen molar-refractivity contribution in [3.63, 3.8) is 0 Å². The number of hydrogen-bond acceptors (Lipinski definition) is 3. The molecule has 0 bridgehead atoms. The van der Waals surface area contributed by atoms with E-state index in [1.54, 1.807) is 6.20 Å². The predicted molar refractivity (Wildman–Crippen MR) is 87.1 cm³/mol. The molecule has 2 rings (SSSR count). The lowest BCUT2D eigenvalue weighted by Crippen LogP contribution is -2.19. The van der Waals surface area contributed by atoms with Crippen LogP contribution in [0.3, 0.4) is 0 Å². The standard InChI is InChI=1S/C17H21ClN2O/c1-11(2)21-14-8-13(9-20-10-14)17(19-4)15-7-5-6-12(3)16(15)18/h5-11,17,19H,1-4H3. The Hall–Kier alpha value is -1.58. The maximum atomic E-state index is 6.45. The highest BCUT2D eigenvalue weighted by molar-refractivity contribution is 6.32. The Morgan fingerprint density at radius 2 is 2.00 bits per heavy atom. The molecular weight excluding hydrogens is 284 g/mol. The summed E-state index contributed by atoms with van der Waals surface area (Å²) in [6.45, 7) is 6.01. The third-order valence-electron chi connectivity index (χ3n) is 3.26. The van der Waals surface area contributed by atoms with Crippen molar-refractivity contribution in [2.24, 2.45) is 0 Å². The van der Waals surface area contributed by atoms with Gasteiger partial charge in [-0.1, -0.05) is 29.8 Å². The van der Waals surface area contributed by atoms with Crippen LogP contribution >= 0.6 is 11.6 Å². The fourth-order valence-corrected chi connectivity index (χ4v) is 2.56. The number of benzene rings is 1. The summed E-state index contributed by atoms with van der Waals surface area (Å²) >= 11 is 6.45. The molecule has 0 aliphatic carbocycles. The van der Waals surface area contributed by atoms with Gasteiger partial charge in [0.05, 0.1) is 18.3 Å². The molecule has 0 fully saturated rings. The molecule has 1 aromatic heterocycles. The minimum Gasteiger partial charge on any atom is -0.489 e. The largest absolute Gasteiger partial charge is 0.489 e. The molecule has 0 saturated heterocycles. The van der Waals surface area contributed by atoms with Gasteiger partial charge in [-0.3, -0.25) is 4.98 Å². The van der Waals surface area contributed by atoms with Crippen LogP contribution in [0.2, 0.25) is 5.02 Å². The van der Waals surface area contributed by atoms with Crippen LogP contribution in [-0.4, -0.2) is 18.1 Å². The van der Waals surface area contributed by atoms with E-state index in [9.17, 15) is 0 Å². The zero-order valence-electron chi connectivity index (χ0n) is 12.9. The molecule has 3 nitrogen and oxygen atoms in total. The summed E-state index contributed by atoms with van der Waals surface area (Å²) in [6, 6.07) is 8.05. The number of pyridine rings is 1. The molecule has 0 spiro atoms. The van der Waals surface area contributed by atoms with Gasteiger partial charge in [-0.15, -0.1) is 0 Å². The van der Waals surface area contributed by atoms with Crippen molar-refractivity contribution in [2.75, 3.05) is 7.05 Å². The van der Waals surface area contributed by atoms with E-state index >= 15 is 0 Å². The summed E-state index contributed by atoms with van der Waals surface area (Å²) in [5, 5.41) is 4.09. The van der Waals surface area contributed by atoms with Gasteiger partial charge in [0.1, 0.15) is 5.75 Å². The van der Waals surface area contributed by atoms with Gasteiger partial charge in [0.15, 0.2) is 0 Å². The Kier molecular flexibility index (Phi) is 5.21. The number of aromatic nitrogens is 1. The van der Waals surface area contributed by atoms with Crippen molar-refractivity contribution < 1.29 is 4.74 Å². The summed E-state index contributed by atoms with van der Waals surface area (Å²) in [4.78, 5) is 4.28. The van der Waals surface area contributed by atoms with Crippen LogP contribution in [0.1, 0.15) is 36.6 Å². The number of hydrogen-bond donors (Lipinski definition) is 1. The van der Waals surface area contributed by atoms with Gasteiger partial charge in [-0.2, -0.15) is 0 Å². The van der Waals surface area contributed by atoms with Crippen molar-refractivity contribution in [3.8, 4) is 5.75 Å². The van der Waals surface area contributed by atoms with Crippen LogP contribution in [0.5, 0.6) is 5.75 Å². The van der Waals surface area contributed by atoms with E-state index in [0.29, 0.717) is 0 Å². The Morgan fingerprint density at radius 3 is 2.67 bits per heavy atom. The van der Waals surface area contributed by atoms with Crippen LogP contribution < -0.4 is 10.1 Å². The van der Waals surface area contributed by atoms with Gasteiger partial charge >= 0.3 is 0 Å². The van der Waals surface area contributed by atoms with Crippen molar-refractivity contribution in [1.29, 1.82) is 0 Å². The third-order valence-corrected chi connectivity index (χ3v) is 3.78. The van der Waals surface area contributed by atoms with Crippen molar-refractivity contribution >= 4 is 11.6 Å². The molecular formula is C17H21ClN2O. The van der Waals surface area contributed by atoms with Crippen LogP contribution in [-0.2, 0) is 0 Å². The lowest BCUT2D eigenvalue weighted by molar-refractivity contribution is 0.241. The highest BCUT2D eigenvalue weighted by atomic mass is 35.5. The van der Waals surface area contributed by atoms with E-state index in [4.69, 9.17) is 16.3 Å².